The molecule has 0 radical (unpaired) electrons. The van der Waals surface area contributed by atoms with Gasteiger partial charge in [0.2, 0.25) is 6.79 Å². The number of aliphatic hydroxyl groups is 1. The number of urea groups is 1. The lowest BCUT2D eigenvalue weighted by Gasteiger charge is -2.38. The van der Waals surface area contributed by atoms with Crippen molar-refractivity contribution in [1.29, 1.82) is 0 Å². The maximum absolute atomic E-state index is 13.7. The van der Waals surface area contributed by atoms with Gasteiger partial charge in [0.25, 0.3) is 15.9 Å². The van der Waals surface area contributed by atoms with E-state index in [1.807, 2.05) is 6.92 Å². The Kier molecular flexibility index (Phi) is 8.48. The summed E-state index contributed by atoms with van der Waals surface area (Å²) in [6.07, 6.45) is 2.17. The van der Waals surface area contributed by atoms with Gasteiger partial charge in [-0.1, -0.05) is 6.92 Å². The zero-order chi connectivity index (χ0) is 30.9. The van der Waals surface area contributed by atoms with Crippen molar-refractivity contribution < 1.29 is 37.3 Å². The largest absolute Gasteiger partial charge is 0.488 e. The number of carbonyl (C=O) groups is 2. The summed E-state index contributed by atoms with van der Waals surface area (Å²) in [4.78, 5) is 32.0. The zero-order valence-corrected chi connectivity index (χ0v) is 25.0. The fourth-order valence-electron chi connectivity index (χ4n) is 4.82. The van der Waals surface area contributed by atoms with E-state index in [-0.39, 0.29) is 48.7 Å². The number of imidazole rings is 1. The Hall–Kier alpha value is -4.34. The van der Waals surface area contributed by atoms with E-state index >= 15 is 0 Å². The highest BCUT2D eigenvalue weighted by Gasteiger charge is 2.36. The van der Waals surface area contributed by atoms with Gasteiger partial charge >= 0.3 is 6.03 Å². The fraction of sp³-hybridized carbons (Fsp3) is 0.393. The fourth-order valence-corrected chi connectivity index (χ4v) is 5.96. The number of nitrogens with one attached hydrogen (secondary N) is 2. The van der Waals surface area contributed by atoms with E-state index in [0.717, 1.165) is 0 Å². The molecule has 3 aromatic rings. The number of rotatable bonds is 8. The van der Waals surface area contributed by atoms with Crippen molar-refractivity contribution >= 4 is 33.3 Å². The zero-order valence-electron chi connectivity index (χ0n) is 24.2. The monoisotopic (exact) mass is 614 g/mol. The van der Waals surface area contributed by atoms with Crippen LogP contribution >= 0.6 is 0 Å². The maximum Gasteiger partial charge on any atom is 0.323 e. The number of sulfonamides is 1. The predicted molar refractivity (Wildman–Crippen MR) is 156 cm³/mol. The smallest absolute Gasteiger partial charge is 0.323 e. The van der Waals surface area contributed by atoms with E-state index in [9.17, 15) is 23.1 Å². The SMILES string of the molecule is C[C@@H]1CN([C@H](C)CO)C(=O)c2cc(NC(=O)Nc3ccc4c(c3)OCO4)ccc2O[C@H]1CN(C)S(=O)(=O)c1cn(C)cn1. The van der Waals surface area contributed by atoms with E-state index in [0.29, 0.717) is 22.9 Å². The molecule has 230 valence electrons. The second kappa shape index (κ2) is 12.1. The summed E-state index contributed by atoms with van der Waals surface area (Å²) < 4.78 is 46.0. The lowest BCUT2D eigenvalue weighted by atomic mass is 9.99. The van der Waals surface area contributed by atoms with E-state index in [2.05, 4.69) is 15.6 Å². The summed E-state index contributed by atoms with van der Waals surface area (Å²) in [6.45, 7) is 3.59. The summed E-state index contributed by atoms with van der Waals surface area (Å²) >= 11 is 0. The summed E-state index contributed by atoms with van der Waals surface area (Å²) in [5.41, 5.74) is 0.968. The number of likely N-dealkylation sites (N-methyl/N-ethyl adjacent to an activating group) is 1. The van der Waals surface area contributed by atoms with Gasteiger partial charge in [-0.15, -0.1) is 0 Å². The van der Waals surface area contributed by atoms with Gasteiger partial charge in [-0.05, 0) is 37.3 Å². The molecule has 43 heavy (non-hydrogen) atoms. The first-order valence-corrected chi connectivity index (χ1v) is 15.0. The summed E-state index contributed by atoms with van der Waals surface area (Å²) in [5, 5.41) is 15.3. The molecule has 0 unspecified atom stereocenters. The molecule has 1 aromatic heterocycles. The molecule has 3 atom stereocenters. The highest BCUT2D eigenvalue weighted by atomic mass is 32.2. The van der Waals surface area contributed by atoms with E-state index in [4.69, 9.17) is 14.2 Å². The standard InChI is InChI=1S/C28H34N6O8S/c1-17-11-34(18(2)14-35)27(36)21-9-19(30-28(37)31-20-6-8-23-24(10-20)41-16-40-23)5-7-22(21)42-25(17)12-33(4)43(38,39)26-13-32(3)15-29-26/h5-10,13,15,17-18,25,35H,11-12,14,16H2,1-4H3,(H2,30,31,37)/t17-,18-,25+/m1/s1. The van der Waals surface area contributed by atoms with E-state index < -0.39 is 34.1 Å². The van der Waals surface area contributed by atoms with Gasteiger partial charge in [0, 0.05) is 50.2 Å². The van der Waals surface area contributed by atoms with Gasteiger partial charge in [-0.25, -0.2) is 18.2 Å². The third-order valence-electron chi connectivity index (χ3n) is 7.35. The molecule has 14 nitrogen and oxygen atoms in total. The van der Waals surface area contributed by atoms with Crippen LogP contribution in [0.2, 0.25) is 0 Å². The van der Waals surface area contributed by atoms with Crippen LogP contribution in [0.1, 0.15) is 24.2 Å². The Bertz CT molecular complexity index is 1630. The third kappa shape index (κ3) is 6.38. The number of fused-ring (bicyclic) bond motifs is 2. The predicted octanol–water partition coefficient (Wildman–Crippen LogP) is 2.33. The number of amides is 3. The molecule has 2 aliphatic rings. The molecule has 15 heteroatoms. The number of aryl methyl sites for hydroxylation is 1. The minimum Gasteiger partial charge on any atom is -0.488 e. The Morgan fingerprint density at radius 2 is 1.81 bits per heavy atom. The van der Waals surface area contributed by atoms with Gasteiger partial charge in [-0.3, -0.25) is 4.79 Å². The van der Waals surface area contributed by atoms with Crippen LogP contribution in [0, 0.1) is 5.92 Å². The minimum atomic E-state index is -3.90. The number of anilines is 2. The molecule has 0 spiro atoms. The molecule has 2 aliphatic heterocycles. The molecule has 0 bridgehead atoms. The molecule has 3 amide bonds. The van der Waals surface area contributed by atoms with Crippen LogP contribution in [-0.2, 0) is 17.1 Å². The minimum absolute atomic E-state index is 0.0208. The molecule has 3 heterocycles. The molecular formula is C28H34N6O8S. The summed E-state index contributed by atoms with van der Waals surface area (Å²) in [5.74, 6) is 0.624. The molecule has 2 aromatic carbocycles. The average Bonchev–Trinajstić information content (AvgIpc) is 3.63. The van der Waals surface area contributed by atoms with Crippen molar-refractivity contribution in [3.63, 3.8) is 0 Å². The van der Waals surface area contributed by atoms with Crippen LogP contribution < -0.4 is 24.8 Å². The number of nitrogens with zero attached hydrogens (tertiary/aromatic N) is 4. The van der Waals surface area contributed by atoms with Gasteiger partial charge in [0.15, 0.2) is 16.5 Å². The highest BCUT2D eigenvalue weighted by molar-refractivity contribution is 7.89. The lowest BCUT2D eigenvalue weighted by molar-refractivity contribution is 0.0387. The number of carbonyl (C=O) groups excluding carboxylic acids is 2. The Labute approximate surface area is 249 Å². The molecule has 0 aliphatic carbocycles. The van der Waals surface area contributed by atoms with Crippen molar-refractivity contribution in [2.45, 2.75) is 31.0 Å². The normalized spacial score (nSPS) is 18.8. The first kappa shape index (κ1) is 30.1. The van der Waals surface area contributed by atoms with Crippen LogP contribution in [0.25, 0.3) is 0 Å². The van der Waals surface area contributed by atoms with Crippen molar-refractivity contribution in [2.75, 3.05) is 44.2 Å². The van der Waals surface area contributed by atoms with Gasteiger partial charge < -0.3 is 39.4 Å². The van der Waals surface area contributed by atoms with E-state index in [1.165, 1.54) is 34.8 Å². The number of ether oxygens (including phenoxy) is 3. The van der Waals surface area contributed by atoms with Crippen LogP contribution in [0.5, 0.6) is 17.2 Å². The van der Waals surface area contributed by atoms with Crippen LogP contribution in [-0.4, -0.2) is 89.9 Å². The Balaban J connectivity index is 1.38. The average molecular weight is 615 g/mol. The van der Waals surface area contributed by atoms with Crippen molar-refractivity contribution in [3.8, 4) is 17.2 Å². The van der Waals surface area contributed by atoms with Crippen molar-refractivity contribution in [1.82, 2.24) is 18.8 Å². The number of hydrogen-bond donors (Lipinski definition) is 3. The second-order valence-corrected chi connectivity index (χ2v) is 12.6. The second-order valence-electron chi connectivity index (χ2n) is 10.6. The van der Waals surface area contributed by atoms with Crippen molar-refractivity contribution in [2.24, 2.45) is 13.0 Å². The maximum atomic E-state index is 13.7. The van der Waals surface area contributed by atoms with Crippen LogP contribution in [0.3, 0.4) is 0 Å². The van der Waals surface area contributed by atoms with Crippen molar-refractivity contribution in [3.05, 3.63) is 54.5 Å². The number of benzene rings is 2. The molecule has 0 saturated carbocycles. The first-order valence-electron chi connectivity index (χ1n) is 13.6. The first-order chi connectivity index (χ1) is 20.5. The summed E-state index contributed by atoms with van der Waals surface area (Å²) in [6, 6.07) is 8.56. The van der Waals surface area contributed by atoms with Gasteiger partial charge in [-0.2, -0.15) is 4.31 Å². The Morgan fingerprint density at radius 1 is 1.14 bits per heavy atom. The third-order valence-corrected chi connectivity index (χ3v) is 9.06. The summed E-state index contributed by atoms with van der Waals surface area (Å²) in [7, 11) is -0.772. The lowest BCUT2D eigenvalue weighted by Crippen LogP contribution is -2.50. The number of hydrogen-bond acceptors (Lipinski definition) is 9. The quantitative estimate of drug-likeness (QED) is 0.345. The molecule has 3 N–H and O–H groups in total. The topological polar surface area (TPSA) is 165 Å². The van der Waals surface area contributed by atoms with E-state index in [1.54, 1.807) is 48.9 Å². The van der Waals surface area contributed by atoms with Crippen LogP contribution in [0.4, 0.5) is 16.2 Å². The molecule has 0 saturated heterocycles. The molecule has 0 fully saturated rings. The number of aliphatic hydroxyl groups excluding tert-OH is 1. The highest BCUT2D eigenvalue weighted by Crippen LogP contribution is 2.35. The van der Waals surface area contributed by atoms with Gasteiger partial charge in [0.1, 0.15) is 11.9 Å². The Morgan fingerprint density at radius 3 is 2.49 bits per heavy atom. The number of aromatic nitrogens is 2. The van der Waals surface area contributed by atoms with Gasteiger partial charge in [0.05, 0.1) is 31.1 Å². The van der Waals surface area contributed by atoms with Crippen LogP contribution in [0.15, 0.2) is 53.9 Å². The molecular weight excluding hydrogens is 580 g/mol. The molecule has 5 rings (SSSR count).